The first kappa shape index (κ1) is 15.1. The lowest BCUT2D eigenvalue weighted by molar-refractivity contribution is 0.00578. The molecule has 1 aliphatic rings. The lowest BCUT2D eigenvalue weighted by Crippen LogP contribution is -2.41. The van der Waals surface area contributed by atoms with E-state index < -0.39 is 0 Å². The summed E-state index contributed by atoms with van der Waals surface area (Å²) < 4.78 is 13.3. The van der Waals surface area contributed by atoms with Crippen LogP contribution in [0.5, 0.6) is 0 Å². The van der Waals surface area contributed by atoms with Crippen LogP contribution in [0.4, 0.5) is 0 Å². The molecule has 1 aliphatic heterocycles. The lowest BCUT2D eigenvalue weighted by Gasteiger charge is -2.32. The molecule has 0 atom stereocenters. The zero-order valence-electron chi connectivity index (χ0n) is 12.9. The summed E-state index contributed by atoms with van der Waals surface area (Å²) >= 11 is 3.62. The fourth-order valence-corrected chi connectivity index (χ4v) is 3.21. The van der Waals surface area contributed by atoms with Crippen molar-refractivity contribution >= 4 is 33.8 Å². The Balaban J connectivity index is 1.92. The quantitative estimate of drug-likeness (QED) is 0.729. The monoisotopic (exact) mass is 346 g/mol. The van der Waals surface area contributed by atoms with Gasteiger partial charge in [0.25, 0.3) is 0 Å². The first-order chi connectivity index (χ1) is 9.80. The van der Waals surface area contributed by atoms with Gasteiger partial charge in [-0.15, -0.1) is 0 Å². The van der Waals surface area contributed by atoms with Gasteiger partial charge in [-0.25, -0.2) is 0 Å². The van der Waals surface area contributed by atoms with Gasteiger partial charge in [-0.3, -0.25) is 0 Å². The van der Waals surface area contributed by atoms with Crippen LogP contribution < -0.4 is 0 Å². The maximum absolute atomic E-state index is 6.11. The lowest BCUT2D eigenvalue weighted by atomic mass is 9.79. The average molecular weight is 347 g/mol. The van der Waals surface area contributed by atoms with Gasteiger partial charge in [-0.05, 0) is 50.1 Å². The van der Waals surface area contributed by atoms with Crippen LogP contribution in [0.25, 0.3) is 10.8 Å². The Morgan fingerprint density at radius 2 is 1.48 bits per heavy atom. The third-order valence-electron chi connectivity index (χ3n) is 4.65. The number of fused-ring (bicyclic) bond motifs is 1. The fraction of sp³-hybridized carbons (Fsp3) is 0.412. The highest BCUT2D eigenvalue weighted by Gasteiger charge is 2.50. The van der Waals surface area contributed by atoms with E-state index in [-0.39, 0.29) is 18.3 Å². The second-order valence-electron chi connectivity index (χ2n) is 6.64. The molecule has 0 aromatic heterocycles. The summed E-state index contributed by atoms with van der Waals surface area (Å²) in [4.78, 5) is 0. The Morgan fingerprint density at radius 1 is 0.905 bits per heavy atom. The molecule has 21 heavy (non-hydrogen) atoms. The van der Waals surface area contributed by atoms with Crippen molar-refractivity contribution in [2.45, 2.75) is 45.2 Å². The molecule has 0 aliphatic carbocycles. The molecule has 1 saturated heterocycles. The van der Waals surface area contributed by atoms with E-state index in [1.54, 1.807) is 0 Å². The number of benzene rings is 2. The molecule has 2 nitrogen and oxygen atoms in total. The van der Waals surface area contributed by atoms with Gasteiger partial charge in [0.05, 0.1) is 11.2 Å². The molecule has 2 aromatic rings. The molecule has 0 amide bonds. The van der Waals surface area contributed by atoms with E-state index in [0.717, 1.165) is 10.8 Å². The van der Waals surface area contributed by atoms with Gasteiger partial charge in [0.2, 0.25) is 0 Å². The van der Waals surface area contributed by atoms with Gasteiger partial charge < -0.3 is 9.31 Å². The molecule has 0 radical (unpaired) electrons. The molecule has 1 fully saturated rings. The normalized spacial score (nSPS) is 20.1. The van der Waals surface area contributed by atoms with Crippen LogP contribution in [-0.2, 0) is 15.6 Å². The second kappa shape index (κ2) is 5.11. The van der Waals surface area contributed by atoms with E-state index in [1.165, 1.54) is 16.3 Å². The van der Waals surface area contributed by atoms with Crippen molar-refractivity contribution in [2.24, 2.45) is 0 Å². The minimum Gasteiger partial charge on any atom is -0.403 e. The highest BCUT2D eigenvalue weighted by atomic mass is 79.9. The molecule has 0 bridgehead atoms. The Morgan fingerprint density at radius 3 is 2.10 bits per heavy atom. The Labute approximate surface area is 135 Å². The molecule has 0 saturated carbocycles. The molecule has 0 N–H and O–H groups in total. The van der Waals surface area contributed by atoms with Crippen LogP contribution in [0.15, 0.2) is 40.9 Å². The summed E-state index contributed by atoms with van der Waals surface area (Å²) in [6.07, 6.45) is 0.765. The van der Waals surface area contributed by atoms with E-state index in [4.69, 9.17) is 9.31 Å². The van der Waals surface area contributed by atoms with Gasteiger partial charge in [-0.2, -0.15) is 0 Å². The van der Waals surface area contributed by atoms with Crippen LogP contribution in [-0.4, -0.2) is 18.3 Å². The Hall–Kier alpha value is -0.835. The topological polar surface area (TPSA) is 18.5 Å². The summed E-state index contributed by atoms with van der Waals surface area (Å²) in [6.45, 7) is 8.36. The predicted molar refractivity (Wildman–Crippen MR) is 91.4 cm³/mol. The van der Waals surface area contributed by atoms with Crippen LogP contribution in [0.1, 0.15) is 33.3 Å². The summed E-state index contributed by atoms with van der Waals surface area (Å²) in [5, 5.41) is 2.48. The van der Waals surface area contributed by atoms with Crippen molar-refractivity contribution in [2.75, 3.05) is 0 Å². The van der Waals surface area contributed by atoms with Gasteiger partial charge >= 0.3 is 7.12 Å². The fourth-order valence-electron chi connectivity index (χ4n) is 2.73. The largest absolute Gasteiger partial charge is 0.462 e. The zero-order valence-corrected chi connectivity index (χ0v) is 14.5. The first-order valence-electron chi connectivity index (χ1n) is 7.32. The maximum atomic E-state index is 6.11. The van der Waals surface area contributed by atoms with Crippen molar-refractivity contribution in [3.05, 3.63) is 46.4 Å². The Bertz CT molecular complexity index is 666. The SMILES string of the molecule is CC1(C)OB(Cc2ccc(Br)c3ccccc23)OC1(C)C. The molecule has 110 valence electrons. The van der Waals surface area contributed by atoms with Crippen LogP contribution in [0.3, 0.4) is 0 Å². The molecule has 3 rings (SSSR count). The van der Waals surface area contributed by atoms with E-state index in [0.29, 0.717) is 0 Å². The summed E-state index contributed by atoms with van der Waals surface area (Å²) in [5.74, 6) is 0. The number of rotatable bonds is 2. The zero-order chi connectivity index (χ0) is 15.3. The van der Waals surface area contributed by atoms with Crippen LogP contribution in [0, 0.1) is 0 Å². The summed E-state index contributed by atoms with van der Waals surface area (Å²) in [6, 6.07) is 12.7. The first-order valence-corrected chi connectivity index (χ1v) is 8.11. The minimum atomic E-state index is -0.275. The van der Waals surface area contributed by atoms with Crippen molar-refractivity contribution in [1.29, 1.82) is 0 Å². The van der Waals surface area contributed by atoms with Crippen molar-refractivity contribution in [3.8, 4) is 0 Å². The smallest absolute Gasteiger partial charge is 0.403 e. The number of halogens is 1. The van der Waals surface area contributed by atoms with Crippen molar-refractivity contribution in [3.63, 3.8) is 0 Å². The highest BCUT2D eigenvalue weighted by molar-refractivity contribution is 9.10. The number of hydrogen-bond donors (Lipinski definition) is 0. The molecular weight excluding hydrogens is 327 g/mol. The van der Waals surface area contributed by atoms with Gasteiger partial charge in [0, 0.05) is 10.8 Å². The maximum Gasteiger partial charge on any atom is 0.462 e. The van der Waals surface area contributed by atoms with Crippen LogP contribution in [0.2, 0.25) is 0 Å². The third-order valence-corrected chi connectivity index (χ3v) is 5.34. The van der Waals surface area contributed by atoms with E-state index in [1.807, 2.05) is 0 Å². The van der Waals surface area contributed by atoms with Gasteiger partial charge in [0.1, 0.15) is 0 Å². The molecule has 2 aromatic carbocycles. The van der Waals surface area contributed by atoms with Crippen LogP contribution >= 0.6 is 15.9 Å². The summed E-state index contributed by atoms with van der Waals surface area (Å²) in [7, 11) is -0.195. The van der Waals surface area contributed by atoms with Gasteiger partial charge in [0.15, 0.2) is 0 Å². The second-order valence-corrected chi connectivity index (χ2v) is 7.50. The third kappa shape index (κ3) is 2.65. The van der Waals surface area contributed by atoms with Crippen molar-refractivity contribution in [1.82, 2.24) is 0 Å². The molecule has 4 heteroatoms. The number of hydrogen-bond acceptors (Lipinski definition) is 2. The Kier molecular flexibility index (Phi) is 3.67. The predicted octanol–water partition coefficient (Wildman–Crippen LogP) is 4.78. The van der Waals surface area contributed by atoms with E-state index in [2.05, 4.69) is 80.0 Å². The molecule has 0 unspecified atom stereocenters. The standard InChI is InChI=1S/C17H20BBrO2/c1-16(2)17(3,4)21-18(20-16)11-12-9-10-15(19)14-8-6-5-7-13(12)14/h5-10H,11H2,1-4H3. The average Bonchev–Trinajstić information content (AvgIpc) is 2.61. The minimum absolute atomic E-state index is 0.195. The van der Waals surface area contributed by atoms with Gasteiger partial charge in [-0.1, -0.05) is 46.3 Å². The van der Waals surface area contributed by atoms with Crippen molar-refractivity contribution < 1.29 is 9.31 Å². The van der Waals surface area contributed by atoms with E-state index in [9.17, 15) is 0 Å². The molecule has 0 spiro atoms. The molecule has 1 heterocycles. The van der Waals surface area contributed by atoms with E-state index >= 15 is 0 Å². The summed E-state index contributed by atoms with van der Waals surface area (Å²) in [5.41, 5.74) is 0.707. The molecular formula is C17H20BBrO2. The highest BCUT2D eigenvalue weighted by Crippen LogP contribution is 2.38.